The van der Waals surface area contributed by atoms with Gasteiger partial charge in [-0.1, -0.05) is 18.2 Å². The molecular weight excluding hydrogens is 452 g/mol. The highest BCUT2D eigenvalue weighted by Gasteiger charge is 2.23. The molecule has 0 saturated carbocycles. The molecule has 1 amide bonds. The Hall–Kier alpha value is -3.68. The van der Waals surface area contributed by atoms with Gasteiger partial charge in [0.15, 0.2) is 5.65 Å². The van der Waals surface area contributed by atoms with E-state index in [0.717, 1.165) is 28.3 Å². The summed E-state index contributed by atoms with van der Waals surface area (Å²) < 4.78 is 11.3. The van der Waals surface area contributed by atoms with Crippen LogP contribution < -0.4 is 10.1 Å². The first kappa shape index (κ1) is 23.5. The van der Waals surface area contributed by atoms with E-state index in [1.807, 2.05) is 73.7 Å². The molecule has 2 aromatic carbocycles. The van der Waals surface area contributed by atoms with Crippen LogP contribution >= 0.6 is 12.4 Å². The average molecular weight is 477 g/mol. The minimum Gasteiger partial charge on any atom is -0.457 e. The Morgan fingerprint density at radius 3 is 2.41 bits per heavy atom. The van der Waals surface area contributed by atoms with Crippen molar-refractivity contribution in [3.8, 4) is 11.5 Å². The molecule has 3 heterocycles. The SMILES string of the molecule is Cc1ccc2c(Nc3ccc(Oc4ccccc4)cc3)c(C(=O)N3CCOCC3)cnc2n1.Cl. The van der Waals surface area contributed by atoms with Crippen LogP contribution in [-0.2, 0) is 4.74 Å². The summed E-state index contributed by atoms with van der Waals surface area (Å²) in [5.41, 5.74) is 3.51. The first-order chi connectivity index (χ1) is 16.2. The number of ether oxygens (including phenoxy) is 2. The molecule has 7 nitrogen and oxygen atoms in total. The van der Waals surface area contributed by atoms with Crippen molar-refractivity contribution in [2.75, 3.05) is 31.6 Å². The number of benzene rings is 2. The molecule has 2 aromatic heterocycles. The van der Waals surface area contributed by atoms with E-state index in [1.54, 1.807) is 11.1 Å². The lowest BCUT2D eigenvalue weighted by Gasteiger charge is -2.27. The smallest absolute Gasteiger partial charge is 0.257 e. The molecule has 0 unspecified atom stereocenters. The van der Waals surface area contributed by atoms with Crippen molar-refractivity contribution in [3.63, 3.8) is 0 Å². The molecular formula is C26H25ClN4O3. The summed E-state index contributed by atoms with van der Waals surface area (Å²) in [6.07, 6.45) is 1.61. The lowest BCUT2D eigenvalue weighted by atomic mass is 10.1. The van der Waals surface area contributed by atoms with Crippen LogP contribution in [0.5, 0.6) is 11.5 Å². The van der Waals surface area contributed by atoms with E-state index >= 15 is 0 Å². The van der Waals surface area contributed by atoms with E-state index in [1.165, 1.54) is 0 Å². The number of hydrogen-bond donors (Lipinski definition) is 1. The van der Waals surface area contributed by atoms with Gasteiger partial charge in [-0.15, -0.1) is 12.4 Å². The minimum absolute atomic E-state index is 0. The summed E-state index contributed by atoms with van der Waals surface area (Å²) >= 11 is 0. The molecule has 4 aromatic rings. The van der Waals surface area contributed by atoms with Crippen molar-refractivity contribution in [3.05, 3.63) is 84.2 Å². The van der Waals surface area contributed by atoms with E-state index in [2.05, 4.69) is 15.3 Å². The fourth-order valence-electron chi connectivity index (χ4n) is 3.78. The van der Waals surface area contributed by atoms with E-state index < -0.39 is 0 Å². The second kappa shape index (κ2) is 10.5. The molecule has 174 valence electrons. The van der Waals surface area contributed by atoms with Crippen LogP contribution in [0.25, 0.3) is 11.0 Å². The molecule has 5 rings (SSSR count). The van der Waals surface area contributed by atoms with Crippen molar-refractivity contribution in [1.82, 2.24) is 14.9 Å². The number of rotatable bonds is 5. The Labute approximate surface area is 204 Å². The number of pyridine rings is 2. The van der Waals surface area contributed by atoms with Crippen molar-refractivity contribution >= 4 is 40.7 Å². The third-order valence-corrected chi connectivity index (χ3v) is 5.50. The van der Waals surface area contributed by atoms with Gasteiger partial charge in [-0.05, 0) is 55.5 Å². The lowest BCUT2D eigenvalue weighted by Crippen LogP contribution is -2.41. The molecule has 0 atom stereocenters. The van der Waals surface area contributed by atoms with Crippen molar-refractivity contribution in [1.29, 1.82) is 0 Å². The maximum absolute atomic E-state index is 13.3. The average Bonchev–Trinajstić information content (AvgIpc) is 2.86. The summed E-state index contributed by atoms with van der Waals surface area (Å²) in [6, 6.07) is 21.2. The Morgan fingerprint density at radius 1 is 0.971 bits per heavy atom. The molecule has 0 radical (unpaired) electrons. The van der Waals surface area contributed by atoms with Crippen molar-refractivity contribution in [2.45, 2.75) is 6.92 Å². The molecule has 34 heavy (non-hydrogen) atoms. The van der Waals surface area contributed by atoms with Crippen LogP contribution in [0.3, 0.4) is 0 Å². The fraction of sp³-hybridized carbons (Fsp3) is 0.192. The van der Waals surface area contributed by atoms with Gasteiger partial charge in [0.05, 0.1) is 24.5 Å². The second-order valence-corrected chi connectivity index (χ2v) is 7.84. The summed E-state index contributed by atoms with van der Waals surface area (Å²) in [5, 5.41) is 4.23. The maximum atomic E-state index is 13.3. The third-order valence-electron chi connectivity index (χ3n) is 5.50. The van der Waals surface area contributed by atoms with Crippen LogP contribution in [-0.4, -0.2) is 47.1 Å². The van der Waals surface area contributed by atoms with E-state index in [-0.39, 0.29) is 18.3 Å². The first-order valence-electron chi connectivity index (χ1n) is 10.9. The molecule has 1 saturated heterocycles. The van der Waals surface area contributed by atoms with Gasteiger partial charge in [0, 0.05) is 36.1 Å². The quantitative estimate of drug-likeness (QED) is 0.417. The standard InChI is InChI=1S/C26H24N4O3.ClH/c1-18-7-12-22-24(23(17-27-25(22)28-18)26(31)30-13-15-32-16-14-30)29-19-8-10-21(11-9-19)33-20-5-3-2-4-6-20;/h2-12,17H,13-16H2,1H3,(H,27,28,29);1H. The van der Waals surface area contributed by atoms with Crippen LogP contribution in [0.2, 0.25) is 0 Å². The maximum Gasteiger partial charge on any atom is 0.257 e. The number of aryl methyl sites for hydroxylation is 1. The van der Waals surface area contributed by atoms with Gasteiger partial charge in [0.1, 0.15) is 11.5 Å². The molecule has 1 N–H and O–H groups in total. The summed E-state index contributed by atoms with van der Waals surface area (Å²) in [6.45, 7) is 4.13. The van der Waals surface area contributed by atoms with Gasteiger partial charge >= 0.3 is 0 Å². The molecule has 0 bridgehead atoms. The number of anilines is 2. The Morgan fingerprint density at radius 2 is 1.68 bits per heavy atom. The number of amides is 1. The zero-order chi connectivity index (χ0) is 22.6. The number of aromatic nitrogens is 2. The zero-order valence-electron chi connectivity index (χ0n) is 18.7. The summed E-state index contributed by atoms with van der Waals surface area (Å²) in [4.78, 5) is 24.1. The number of nitrogens with one attached hydrogen (secondary N) is 1. The largest absolute Gasteiger partial charge is 0.457 e. The lowest BCUT2D eigenvalue weighted by molar-refractivity contribution is 0.0303. The van der Waals surface area contributed by atoms with Gasteiger partial charge in [0.2, 0.25) is 0 Å². The molecule has 0 aliphatic carbocycles. The highest BCUT2D eigenvalue weighted by molar-refractivity contribution is 6.07. The van der Waals surface area contributed by atoms with Gasteiger partial charge in [-0.2, -0.15) is 0 Å². The van der Waals surface area contributed by atoms with Crippen LogP contribution in [0, 0.1) is 6.92 Å². The Balaban J connectivity index is 0.00000274. The number of nitrogens with zero attached hydrogens (tertiary/aromatic N) is 3. The van der Waals surface area contributed by atoms with Gasteiger partial charge in [-0.25, -0.2) is 9.97 Å². The predicted octanol–water partition coefficient (Wildman–Crippen LogP) is 5.37. The van der Waals surface area contributed by atoms with Crippen molar-refractivity contribution < 1.29 is 14.3 Å². The molecule has 8 heteroatoms. The molecule has 1 aliphatic rings. The van der Waals surface area contributed by atoms with Crippen LogP contribution in [0.15, 0.2) is 72.9 Å². The number of para-hydroxylation sites is 1. The van der Waals surface area contributed by atoms with Gasteiger partial charge in [-0.3, -0.25) is 4.79 Å². The van der Waals surface area contributed by atoms with Gasteiger partial charge in [0.25, 0.3) is 5.91 Å². The minimum atomic E-state index is -0.0696. The highest BCUT2D eigenvalue weighted by atomic mass is 35.5. The number of halogens is 1. The predicted molar refractivity (Wildman–Crippen MR) is 134 cm³/mol. The number of carbonyl (C=O) groups is 1. The molecule has 0 spiro atoms. The number of hydrogen-bond acceptors (Lipinski definition) is 6. The Kier molecular flexibility index (Phi) is 7.25. The second-order valence-electron chi connectivity index (χ2n) is 7.84. The van der Waals surface area contributed by atoms with E-state index in [0.29, 0.717) is 43.2 Å². The number of carbonyl (C=O) groups excluding carboxylic acids is 1. The summed E-state index contributed by atoms with van der Waals surface area (Å²) in [5.74, 6) is 1.44. The Bertz CT molecular complexity index is 1280. The monoisotopic (exact) mass is 476 g/mol. The number of fused-ring (bicyclic) bond motifs is 1. The third kappa shape index (κ3) is 5.11. The van der Waals surface area contributed by atoms with Crippen LogP contribution in [0.1, 0.15) is 16.1 Å². The molecule has 1 fully saturated rings. The highest BCUT2D eigenvalue weighted by Crippen LogP contribution is 2.31. The summed E-state index contributed by atoms with van der Waals surface area (Å²) in [7, 11) is 0. The topological polar surface area (TPSA) is 76.6 Å². The van der Waals surface area contributed by atoms with E-state index in [4.69, 9.17) is 9.47 Å². The zero-order valence-corrected chi connectivity index (χ0v) is 19.5. The van der Waals surface area contributed by atoms with Crippen LogP contribution in [0.4, 0.5) is 11.4 Å². The fourth-order valence-corrected chi connectivity index (χ4v) is 3.78. The van der Waals surface area contributed by atoms with E-state index in [9.17, 15) is 4.79 Å². The number of morpholine rings is 1. The van der Waals surface area contributed by atoms with Gasteiger partial charge < -0.3 is 19.7 Å². The molecule has 1 aliphatic heterocycles. The van der Waals surface area contributed by atoms with Crippen molar-refractivity contribution in [2.24, 2.45) is 0 Å². The first-order valence-corrected chi connectivity index (χ1v) is 10.9. The normalized spacial score (nSPS) is 13.3.